The highest BCUT2D eigenvalue weighted by Crippen LogP contribution is 2.31. The van der Waals surface area contributed by atoms with E-state index in [2.05, 4.69) is 5.32 Å². The molecule has 3 N–H and O–H groups in total. The molecule has 1 aliphatic carbocycles. The number of nitrogens with two attached hydrogens (primary N) is 1. The molecule has 0 unspecified atom stereocenters. The van der Waals surface area contributed by atoms with E-state index in [4.69, 9.17) is 28.9 Å². The molecule has 0 aliphatic heterocycles. The summed E-state index contributed by atoms with van der Waals surface area (Å²) in [5.41, 5.74) is 7.42. The van der Waals surface area contributed by atoms with E-state index in [1.807, 2.05) is 0 Å². The van der Waals surface area contributed by atoms with Crippen LogP contribution in [0.25, 0.3) is 0 Å². The fourth-order valence-corrected chi connectivity index (χ4v) is 2.76. The Hall–Kier alpha value is -0.600. The predicted molar refractivity (Wildman–Crippen MR) is 75.9 cm³/mol. The normalized spacial score (nSPS) is 16.4. The average Bonchev–Trinajstić information content (AvgIpc) is 2.78. The SMILES string of the molecule is Nc1cc(Cl)c(Cl)cc1NCCC1CCCC1. The van der Waals surface area contributed by atoms with E-state index in [-0.39, 0.29) is 0 Å². The highest BCUT2D eigenvalue weighted by molar-refractivity contribution is 6.42. The Morgan fingerprint density at radius 1 is 1.18 bits per heavy atom. The number of hydrogen-bond acceptors (Lipinski definition) is 2. The topological polar surface area (TPSA) is 38.0 Å². The molecule has 0 aromatic heterocycles. The number of rotatable bonds is 4. The van der Waals surface area contributed by atoms with Crippen LogP contribution in [0.5, 0.6) is 0 Å². The lowest BCUT2D eigenvalue weighted by molar-refractivity contribution is 0.519. The Morgan fingerprint density at radius 2 is 1.82 bits per heavy atom. The van der Waals surface area contributed by atoms with E-state index in [1.54, 1.807) is 12.1 Å². The van der Waals surface area contributed by atoms with Crippen LogP contribution in [0.1, 0.15) is 32.1 Å². The first kappa shape index (κ1) is 12.8. The minimum Gasteiger partial charge on any atom is -0.397 e. The summed E-state index contributed by atoms with van der Waals surface area (Å²) in [4.78, 5) is 0. The summed E-state index contributed by atoms with van der Waals surface area (Å²) < 4.78 is 0. The summed E-state index contributed by atoms with van der Waals surface area (Å²) in [6.07, 6.45) is 6.73. The minimum absolute atomic E-state index is 0.505. The van der Waals surface area contributed by atoms with Crippen molar-refractivity contribution in [2.45, 2.75) is 32.1 Å². The van der Waals surface area contributed by atoms with Crippen LogP contribution in [0, 0.1) is 5.92 Å². The second kappa shape index (κ2) is 5.83. The maximum Gasteiger partial charge on any atom is 0.0614 e. The van der Waals surface area contributed by atoms with Gasteiger partial charge in [0.15, 0.2) is 0 Å². The molecular weight excluding hydrogens is 255 g/mol. The van der Waals surface area contributed by atoms with Crippen LogP contribution in [-0.2, 0) is 0 Å². The second-order valence-corrected chi connectivity index (χ2v) is 5.53. The number of halogens is 2. The third-order valence-electron chi connectivity index (χ3n) is 3.44. The zero-order valence-corrected chi connectivity index (χ0v) is 11.3. The van der Waals surface area contributed by atoms with E-state index in [0.717, 1.165) is 18.2 Å². The zero-order chi connectivity index (χ0) is 12.3. The largest absolute Gasteiger partial charge is 0.397 e. The molecule has 0 radical (unpaired) electrons. The Bertz CT molecular complexity index is 387. The monoisotopic (exact) mass is 272 g/mol. The maximum absolute atomic E-state index is 5.96. The third kappa shape index (κ3) is 3.43. The van der Waals surface area contributed by atoms with Crippen molar-refractivity contribution in [3.63, 3.8) is 0 Å². The van der Waals surface area contributed by atoms with Crippen molar-refractivity contribution in [1.29, 1.82) is 0 Å². The van der Waals surface area contributed by atoms with Gasteiger partial charge in [0.25, 0.3) is 0 Å². The van der Waals surface area contributed by atoms with Gasteiger partial charge in [0.2, 0.25) is 0 Å². The predicted octanol–water partition coefficient (Wildman–Crippen LogP) is 4.57. The van der Waals surface area contributed by atoms with Crippen molar-refractivity contribution in [2.24, 2.45) is 5.92 Å². The van der Waals surface area contributed by atoms with Crippen LogP contribution in [0.2, 0.25) is 10.0 Å². The van der Waals surface area contributed by atoms with Gasteiger partial charge in [-0.25, -0.2) is 0 Å². The van der Waals surface area contributed by atoms with Crippen molar-refractivity contribution in [2.75, 3.05) is 17.6 Å². The Balaban J connectivity index is 1.87. The Kier molecular flexibility index (Phi) is 4.41. The molecule has 2 rings (SSSR count). The molecule has 2 nitrogen and oxygen atoms in total. The van der Waals surface area contributed by atoms with E-state index >= 15 is 0 Å². The molecule has 1 aromatic carbocycles. The molecule has 17 heavy (non-hydrogen) atoms. The molecule has 1 saturated carbocycles. The quantitative estimate of drug-likeness (QED) is 0.789. The van der Waals surface area contributed by atoms with Gasteiger partial charge in [0, 0.05) is 6.54 Å². The molecule has 4 heteroatoms. The molecule has 1 fully saturated rings. The molecule has 0 bridgehead atoms. The summed E-state index contributed by atoms with van der Waals surface area (Å²) in [5, 5.41) is 4.39. The van der Waals surface area contributed by atoms with Gasteiger partial charge in [-0.05, 0) is 24.5 Å². The summed E-state index contributed by atoms with van der Waals surface area (Å²) >= 11 is 11.8. The van der Waals surface area contributed by atoms with Crippen LogP contribution >= 0.6 is 23.2 Å². The van der Waals surface area contributed by atoms with Crippen molar-refractivity contribution in [3.8, 4) is 0 Å². The highest BCUT2D eigenvalue weighted by Gasteiger charge is 2.14. The van der Waals surface area contributed by atoms with Gasteiger partial charge < -0.3 is 11.1 Å². The van der Waals surface area contributed by atoms with Gasteiger partial charge in [0.1, 0.15) is 0 Å². The van der Waals surface area contributed by atoms with Crippen LogP contribution in [0.4, 0.5) is 11.4 Å². The van der Waals surface area contributed by atoms with Crippen molar-refractivity contribution in [1.82, 2.24) is 0 Å². The molecule has 1 aliphatic rings. The zero-order valence-electron chi connectivity index (χ0n) is 9.81. The lowest BCUT2D eigenvalue weighted by atomic mass is 10.0. The van der Waals surface area contributed by atoms with E-state index in [1.165, 1.54) is 32.1 Å². The summed E-state index contributed by atoms with van der Waals surface area (Å²) in [7, 11) is 0. The molecule has 0 saturated heterocycles. The van der Waals surface area contributed by atoms with Crippen molar-refractivity contribution < 1.29 is 0 Å². The first-order valence-electron chi connectivity index (χ1n) is 6.15. The second-order valence-electron chi connectivity index (χ2n) is 4.72. The van der Waals surface area contributed by atoms with Crippen molar-refractivity contribution >= 4 is 34.6 Å². The molecule has 0 heterocycles. The van der Waals surface area contributed by atoms with Gasteiger partial charge in [-0.1, -0.05) is 48.9 Å². The van der Waals surface area contributed by atoms with Gasteiger partial charge in [-0.2, -0.15) is 0 Å². The molecule has 1 aromatic rings. The third-order valence-corrected chi connectivity index (χ3v) is 4.16. The van der Waals surface area contributed by atoms with Crippen LogP contribution in [0.3, 0.4) is 0 Å². The smallest absolute Gasteiger partial charge is 0.0614 e. The molecule has 0 spiro atoms. The van der Waals surface area contributed by atoms with Crippen LogP contribution in [0.15, 0.2) is 12.1 Å². The van der Waals surface area contributed by atoms with Crippen molar-refractivity contribution in [3.05, 3.63) is 22.2 Å². The number of benzene rings is 1. The lowest BCUT2D eigenvalue weighted by Crippen LogP contribution is -2.08. The van der Waals surface area contributed by atoms with Crippen LogP contribution < -0.4 is 11.1 Å². The fraction of sp³-hybridized carbons (Fsp3) is 0.538. The van der Waals surface area contributed by atoms with Gasteiger partial charge in [0.05, 0.1) is 21.4 Å². The number of nitrogens with one attached hydrogen (secondary N) is 1. The summed E-state index contributed by atoms with van der Waals surface area (Å²) in [6, 6.07) is 3.50. The van der Waals surface area contributed by atoms with E-state index in [9.17, 15) is 0 Å². The Morgan fingerprint density at radius 3 is 2.53 bits per heavy atom. The van der Waals surface area contributed by atoms with Gasteiger partial charge in [-0.15, -0.1) is 0 Å². The Labute approximate surface area is 112 Å². The molecule has 0 amide bonds. The highest BCUT2D eigenvalue weighted by atomic mass is 35.5. The number of hydrogen-bond donors (Lipinski definition) is 2. The van der Waals surface area contributed by atoms with Gasteiger partial charge in [-0.3, -0.25) is 0 Å². The number of anilines is 2. The van der Waals surface area contributed by atoms with E-state index in [0.29, 0.717) is 15.7 Å². The van der Waals surface area contributed by atoms with E-state index < -0.39 is 0 Å². The summed E-state index contributed by atoms with van der Waals surface area (Å²) in [6.45, 7) is 0.951. The summed E-state index contributed by atoms with van der Waals surface area (Å²) in [5.74, 6) is 0.881. The van der Waals surface area contributed by atoms with Gasteiger partial charge >= 0.3 is 0 Å². The molecule has 0 atom stereocenters. The fourth-order valence-electron chi connectivity index (χ4n) is 2.43. The van der Waals surface area contributed by atoms with Crippen LogP contribution in [-0.4, -0.2) is 6.54 Å². The standard InChI is InChI=1S/C13H18Cl2N2/c14-10-7-12(16)13(8-11(10)15)17-6-5-9-3-1-2-4-9/h7-9,17H,1-6,16H2. The lowest BCUT2D eigenvalue weighted by Gasteiger charge is -2.13. The molecule has 94 valence electrons. The first-order chi connectivity index (χ1) is 8.16. The number of nitrogen functional groups attached to an aromatic ring is 1. The average molecular weight is 273 g/mol. The minimum atomic E-state index is 0.505. The first-order valence-corrected chi connectivity index (χ1v) is 6.91. The maximum atomic E-state index is 5.96. The molecular formula is C13H18Cl2N2.